The summed E-state index contributed by atoms with van der Waals surface area (Å²) in [5.41, 5.74) is 2.00. The molecule has 3 rings (SSSR count). The second kappa shape index (κ2) is 7.78. The summed E-state index contributed by atoms with van der Waals surface area (Å²) in [6.45, 7) is 1.03. The number of alkyl halides is 3. The number of rotatable bonds is 6. The summed E-state index contributed by atoms with van der Waals surface area (Å²) in [6.07, 6.45) is -3.73. The Morgan fingerprint density at radius 1 is 1.12 bits per heavy atom. The van der Waals surface area contributed by atoms with Gasteiger partial charge in [0.2, 0.25) is 0 Å². The maximum absolute atomic E-state index is 12.5. The van der Waals surface area contributed by atoms with E-state index >= 15 is 0 Å². The molecule has 0 aromatic heterocycles. The van der Waals surface area contributed by atoms with E-state index in [4.69, 9.17) is 9.57 Å². The predicted octanol–water partition coefficient (Wildman–Crippen LogP) is 4.00. The van der Waals surface area contributed by atoms with Crippen molar-refractivity contribution in [1.82, 2.24) is 5.32 Å². The topological polar surface area (TPSA) is 42.9 Å². The van der Waals surface area contributed by atoms with E-state index in [-0.39, 0.29) is 6.10 Å². The van der Waals surface area contributed by atoms with Crippen molar-refractivity contribution >= 4 is 5.71 Å². The Morgan fingerprint density at radius 3 is 2.42 bits per heavy atom. The van der Waals surface area contributed by atoms with Gasteiger partial charge in [-0.2, -0.15) is 13.2 Å². The molecule has 1 aliphatic heterocycles. The van der Waals surface area contributed by atoms with Crippen LogP contribution in [0.2, 0.25) is 0 Å². The summed E-state index contributed by atoms with van der Waals surface area (Å²) < 4.78 is 42.8. The molecule has 0 aliphatic carbocycles. The van der Waals surface area contributed by atoms with Crippen LogP contribution in [0.5, 0.6) is 5.75 Å². The number of hydrogen-bond acceptors (Lipinski definition) is 4. The van der Waals surface area contributed by atoms with Gasteiger partial charge in [0.25, 0.3) is 0 Å². The second-order valence-corrected chi connectivity index (χ2v) is 6.02. The molecule has 2 aromatic rings. The molecule has 2 aromatic carbocycles. The Balaban J connectivity index is 1.45. The molecular weight excluding hydrogens is 345 g/mol. The minimum atomic E-state index is -4.31. The molecule has 1 atom stereocenters. The lowest BCUT2D eigenvalue weighted by molar-refractivity contribution is -0.137. The summed E-state index contributed by atoms with van der Waals surface area (Å²) in [6, 6.07) is 12.7. The summed E-state index contributed by atoms with van der Waals surface area (Å²) in [7, 11) is 1.61. The maximum atomic E-state index is 12.5. The van der Waals surface area contributed by atoms with Crippen LogP contribution in [-0.4, -0.2) is 25.5 Å². The van der Waals surface area contributed by atoms with Gasteiger partial charge in [0, 0.05) is 19.5 Å². The zero-order chi connectivity index (χ0) is 18.6. The largest absolute Gasteiger partial charge is 0.497 e. The highest BCUT2D eigenvalue weighted by atomic mass is 19.4. The fourth-order valence-corrected chi connectivity index (χ4v) is 2.68. The van der Waals surface area contributed by atoms with Crippen molar-refractivity contribution in [2.75, 3.05) is 13.7 Å². The maximum Gasteiger partial charge on any atom is 0.416 e. The first kappa shape index (κ1) is 18.3. The highest BCUT2D eigenvalue weighted by molar-refractivity contribution is 6.01. The van der Waals surface area contributed by atoms with Crippen LogP contribution in [0.3, 0.4) is 0 Å². The summed E-state index contributed by atoms with van der Waals surface area (Å²) >= 11 is 0. The minimum absolute atomic E-state index is 0.0958. The number of benzene rings is 2. The van der Waals surface area contributed by atoms with Gasteiger partial charge in [-0.05, 0) is 47.5 Å². The van der Waals surface area contributed by atoms with Crippen LogP contribution in [0.4, 0.5) is 13.2 Å². The van der Waals surface area contributed by atoms with Gasteiger partial charge in [-0.1, -0.05) is 17.3 Å². The summed E-state index contributed by atoms with van der Waals surface area (Å²) in [5.74, 6) is 0.781. The summed E-state index contributed by atoms with van der Waals surface area (Å²) in [5, 5.41) is 7.31. The van der Waals surface area contributed by atoms with Crippen molar-refractivity contribution in [2.45, 2.75) is 25.2 Å². The lowest BCUT2D eigenvalue weighted by Crippen LogP contribution is -2.26. The molecule has 1 N–H and O–H groups in total. The van der Waals surface area contributed by atoms with Crippen molar-refractivity contribution in [1.29, 1.82) is 0 Å². The molecule has 0 fully saturated rings. The van der Waals surface area contributed by atoms with E-state index in [2.05, 4.69) is 10.5 Å². The van der Waals surface area contributed by atoms with Gasteiger partial charge in [-0.25, -0.2) is 0 Å². The molecule has 1 unspecified atom stereocenters. The molecule has 7 heteroatoms. The van der Waals surface area contributed by atoms with Gasteiger partial charge in [0.05, 0.1) is 18.4 Å². The molecular formula is C19H19F3N2O2. The highest BCUT2D eigenvalue weighted by Gasteiger charge is 2.29. The molecule has 0 saturated heterocycles. The Bertz CT molecular complexity index is 756. The molecule has 0 amide bonds. The van der Waals surface area contributed by atoms with E-state index in [9.17, 15) is 13.2 Å². The SMILES string of the molecule is COc1ccc(C2=NOC(CNCc3ccc(C(F)(F)F)cc3)C2)cc1. The molecule has 138 valence electrons. The first-order chi connectivity index (χ1) is 12.5. The number of halogens is 3. The van der Waals surface area contributed by atoms with Crippen LogP contribution in [0.1, 0.15) is 23.1 Å². The minimum Gasteiger partial charge on any atom is -0.497 e. The van der Waals surface area contributed by atoms with E-state index in [1.165, 1.54) is 12.1 Å². The predicted molar refractivity (Wildman–Crippen MR) is 92.2 cm³/mol. The molecule has 1 heterocycles. The molecule has 0 spiro atoms. The number of methoxy groups -OCH3 is 1. The van der Waals surface area contributed by atoms with Crippen molar-refractivity contribution in [3.05, 3.63) is 65.2 Å². The van der Waals surface area contributed by atoms with E-state index in [0.29, 0.717) is 19.5 Å². The number of ether oxygens (including phenoxy) is 1. The fourth-order valence-electron chi connectivity index (χ4n) is 2.68. The van der Waals surface area contributed by atoms with E-state index in [1.807, 2.05) is 24.3 Å². The lowest BCUT2D eigenvalue weighted by atomic mass is 10.0. The van der Waals surface area contributed by atoms with Gasteiger partial charge in [0.15, 0.2) is 0 Å². The first-order valence-corrected chi connectivity index (χ1v) is 8.19. The zero-order valence-corrected chi connectivity index (χ0v) is 14.2. The van der Waals surface area contributed by atoms with Crippen molar-refractivity contribution < 1.29 is 22.7 Å². The van der Waals surface area contributed by atoms with Crippen LogP contribution >= 0.6 is 0 Å². The smallest absolute Gasteiger partial charge is 0.416 e. The Labute approximate surface area is 149 Å². The standard InChI is InChI=1S/C19H19F3N2O2/c1-25-16-8-4-14(5-9-16)18-10-17(26-24-18)12-23-11-13-2-6-15(7-3-13)19(20,21)22/h2-9,17,23H,10-12H2,1H3. The van der Waals surface area contributed by atoms with Crippen LogP contribution in [0.15, 0.2) is 53.7 Å². The third-order valence-electron chi connectivity index (χ3n) is 4.14. The number of nitrogens with one attached hydrogen (secondary N) is 1. The molecule has 4 nitrogen and oxygen atoms in total. The Hall–Kier alpha value is -2.54. The molecule has 0 saturated carbocycles. The van der Waals surface area contributed by atoms with E-state index in [0.717, 1.165) is 34.7 Å². The quantitative estimate of drug-likeness (QED) is 0.843. The number of hydrogen-bond donors (Lipinski definition) is 1. The first-order valence-electron chi connectivity index (χ1n) is 8.19. The van der Waals surface area contributed by atoms with Gasteiger partial charge in [-0.15, -0.1) is 0 Å². The van der Waals surface area contributed by atoms with Crippen molar-refractivity contribution in [2.24, 2.45) is 5.16 Å². The monoisotopic (exact) mass is 364 g/mol. The van der Waals surface area contributed by atoms with Crippen molar-refractivity contribution in [3.63, 3.8) is 0 Å². The number of oxime groups is 1. The lowest BCUT2D eigenvalue weighted by Gasteiger charge is -2.11. The van der Waals surface area contributed by atoms with Gasteiger partial charge >= 0.3 is 6.18 Å². The molecule has 1 aliphatic rings. The van der Waals surface area contributed by atoms with Crippen LogP contribution in [0, 0.1) is 0 Å². The van der Waals surface area contributed by atoms with Gasteiger partial charge in [0.1, 0.15) is 11.9 Å². The van der Waals surface area contributed by atoms with Crippen LogP contribution < -0.4 is 10.1 Å². The third-order valence-corrected chi connectivity index (χ3v) is 4.14. The fraction of sp³-hybridized carbons (Fsp3) is 0.316. The second-order valence-electron chi connectivity index (χ2n) is 6.02. The highest BCUT2D eigenvalue weighted by Crippen LogP contribution is 2.29. The number of nitrogens with zero attached hydrogens (tertiary/aromatic N) is 1. The van der Waals surface area contributed by atoms with Crippen LogP contribution in [-0.2, 0) is 17.6 Å². The Morgan fingerprint density at radius 2 is 1.81 bits per heavy atom. The average Bonchev–Trinajstić information content (AvgIpc) is 3.10. The average molecular weight is 364 g/mol. The van der Waals surface area contributed by atoms with Crippen molar-refractivity contribution in [3.8, 4) is 5.75 Å². The van der Waals surface area contributed by atoms with E-state index < -0.39 is 11.7 Å². The third kappa shape index (κ3) is 4.54. The summed E-state index contributed by atoms with van der Waals surface area (Å²) in [4.78, 5) is 5.42. The van der Waals surface area contributed by atoms with Gasteiger partial charge < -0.3 is 14.9 Å². The molecule has 0 bridgehead atoms. The van der Waals surface area contributed by atoms with Crippen LogP contribution in [0.25, 0.3) is 0 Å². The zero-order valence-electron chi connectivity index (χ0n) is 14.2. The molecule has 26 heavy (non-hydrogen) atoms. The van der Waals surface area contributed by atoms with Gasteiger partial charge in [-0.3, -0.25) is 0 Å². The normalized spacial score (nSPS) is 16.9. The van der Waals surface area contributed by atoms with E-state index in [1.54, 1.807) is 7.11 Å². The Kier molecular flexibility index (Phi) is 5.46. The molecule has 0 radical (unpaired) electrons.